The molecule has 0 aliphatic carbocycles. The number of nitrogens with one attached hydrogen (secondary N) is 3. The standard InChI is InChI=1S/C19H15N3O2S/c23-17-14(9-13-7-4-8-20-13)15-10-16(25-19(15)22-17)18(24)21-11-12-5-2-1-3-6-12/h1-10,20H,11H2,(H,21,24)(H,22,23)/b14-9+. The van der Waals surface area contributed by atoms with Crippen molar-refractivity contribution < 1.29 is 9.59 Å². The lowest BCUT2D eigenvalue weighted by Crippen LogP contribution is -2.21. The first-order valence-corrected chi connectivity index (χ1v) is 8.65. The number of benzene rings is 1. The largest absolute Gasteiger partial charge is 0.362 e. The van der Waals surface area contributed by atoms with E-state index in [0.717, 1.165) is 16.8 Å². The highest BCUT2D eigenvalue weighted by Gasteiger charge is 2.28. The number of thiophene rings is 1. The molecule has 0 unspecified atom stereocenters. The first-order chi connectivity index (χ1) is 12.2. The number of carbonyl (C=O) groups is 2. The summed E-state index contributed by atoms with van der Waals surface area (Å²) in [4.78, 5) is 28.1. The summed E-state index contributed by atoms with van der Waals surface area (Å²) < 4.78 is 0. The van der Waals surface area contributed by atoms with Gasteiger partial charge in [0.1, 0.15) is 5.00 Å². The number of fused-ring (bicyclic) bond motifs is 1. The molecule has 0 saturated heterocycles. The van der Waals surface area contributed by atoms with Crippen molar-refractivity contribution in [3.8, 4) is 0 Å². The quantitative estimate of drug-likeness (QED) is 0.631. The lowest BCUT2D eigenvalue weighted by Gasteiger charge is -2.03. The van der Waals surface area contributed by atoms with Crippen LogP contribution < -0.4 is 10.6 Å². The van der Waals surface area contributed by atoms with E-state index in [1.54, 1.807) is 18.3 Å². The maximum absolute atomic E-state index is 12.4. The summed E-state index contributed by atoms with van der Waals surface area (Å²) in [5.41, 5.74) is 3.23. The molecule has 0 radical (unpaired) electrons. The SMILES string of the molecule is O=C1Nc2sc(C(=O)NCc3ccccc3)cc2/C1=C\c1ccc[nH]1. The molecular formula is C19H15N3O2S. The van der Waals surface area contributed by atoms with Gasteiger partial charge in [0.05, 0.1) is 10.5 Å². The lowest BCUT2D eigenvalue weighted by molar-refractivity contribution is -0.110. The molecule has 0 bridgehead atoms. The molecule has 5 nitrogen and oxygen atoms in total. The summed E-state index contributed by atoms with van der Waals surface area (Å²) >= 11 is 1.29. The normalized spacial score (nSPS) is 14.4. The van der Waals surface area contributed by atoms with Crippen molar-refractivity contribution in [2.45, 2.75) is 6.54 Å². The van der Waals surface area contributed by atoms with Gasteiger partial charge in [-0.05, 0) is 29.8 Å². The number of aromatic amines is 1. The van der Waals surface area contributed by atoms with Crippen LogP contribution in [0, 0.1) is 0 Å². The number of hydrogen-bond acceptors (Lipinski definition) is 3. The van der Waals surface area contributed by atoms with Crippen LogP contribution in [-0.2, 0) is 11.3 Å². The zero-order valence-electron chi connectivity index (χ0n) is 13.2. The molecule has 2 aromatic heterocycles. The molecule has 0 atom stereocenters. The number of amides is 2. The Bertz CT molecular complexity index is 956. The number of H-pyrrole nitrogens is 1. The van der Waals surface area contributed by atoms with E-state index in [1.165, 1.54) is 11.3 Å². The number of hydrogen-bond donors (Lipinski definition) is 3. The van der Waals surface area contributed by atoms with E-state index in [9.17, 15) is 9.59 Å². The summed E-state index contributed by atoms with van der Waals surface area (Å²) in [6.45, 7) is 0.472. The molecular weight excluding hydrogens is 334 g/mol. The van der Waals surface area contributed by atoms with Gasteiger partial charge in [-0.15, -0.1) is 11.3 Å². The molecule has 3 N–H and O–H groups in total. The molecule has 0 spiro atoms. The van der Waals surface area contributed by atoms with E-state index in [1.807, 2.05) is 42.5 Å². The van der Waals surface area contributed by atoms with Crippen molar-refractivity contribution in [2.24, 2.45) is 0 Å². The summed E-state index contributed by atoms with van der Waals surface area (Å²) in [5, 5.41) is 6.45. The van der Waals surface area contributed by atoms with Crippen LogP contribution in [0.25, 0.3) is 11.6 Å². The fourth-order valence-electron chi connectivity index (χ4n) is 2.69. The fraction of sp³-hybridized carbons (Fsp3) is 0.0526. The third kappa shape index (κ3) is 3.12. The number of anilines is 1. The Labute approximate surface area is 148 Å². The molecule has 25 heavy (non-hydrogen) atoms. The van der Waals surface area contributed by atoms with Crippen molar-refractivity contribution in [1.29, 1.82) is 0 Å². The van der Waals surface area contributed by atoms with E-state index < -0.39 is 0 Å². The molecule has 3 aromatic rings. The number of rotatable bonds is 4. The van der Waals surface area contributed by atoms with Crippen LogP contribution in [0.3, 0.4) is 0 Å². The van der Waals surface area contributed by atoms with Gasteiger partial charge in [0.2, 0.25) is 0 Å². The predicted molar refractivity (Wildman–Crippen MR) is 99.2 cm³/mol. The molecule has 0 saturated carbocycles. The van der Waals surface area contributed by atoms with Gasteiger partial charge in [-0.3, -0.25) is 9.59 Å². The second-order valence-corrected chi connectivity index (χ2v) is 6.71. The van der Waals surface area contributed by atoms with Crippen molar-refractivity contribution in [3.05, 3.63) is 76.4 Å². The molecule has 1 aliphatic rings. The second kappa shape index (κ2) is 6.41. The molecule has 1 aliphatic heterocycles. The highest BCUT2D eigenvalue weighted by molar-refractivity contribution is 7.18. The van der Waals surface area contributed by atoms with E-state index in [2.05, 4.69) is 15.6 Å². The summed E-state index contributed by atoms with van der Waals surface area (Å²) in [7, 11) is 0. The molecule has 6 heteroatoms. The highest BCUT2D eigenvalue weighted by Crippen LogP contribution is 2.39. The second-order valence-electron chi connectivity index (χ2n) is 5.66. The van der Waals surface area contributed by atoms with Crippen LogP contribution in [-0.4, -0.2) is 16.8 Å². The Morgan fingerprint density at radius 1 is 1.16 bits per heavy atom. The average Bonchev–Trinajstić information content (AvgIpc) is 3.33. The van der Waals surface area contributed by atoms with Gasteiger partial charge >= 0.3 is 0 Å². The van der Waals surface area contributed by atoms with E-state index in [-0.39, 0.29) is 11.8 Å². The molecule has 3 heterocycles. The number of carbonyl (C=O) groups excluding carboxylic acids is 2. The van der Waals surface area contributed by atoms with Crippen molar-refractivity contribution in [2.75, 3.05) is 5.32 Å². The van der Waals surface area contributed by atoms with Crippen molar-refractivity contribution in [1.82, 2.24) is 10.3 Å². The maximum atomic E-state index is 12.4. The van der Waals surface area contributed by atoms with Gasteiger partial charge in [0.15, 0.2) is 0 Å². The van der Waals surface area contributed by atoms with Crippen molar-refractivity contribution >= 4 is 39.8 Å². The topological polar surface area (TPSA) is 74.0 Å². The Kier molecular flexibility index (Phi) is 3.95. The molecule has 124 valence electrons. The Hall–Kier alpha value is -3.12. The number of aromatic nitrogens is 1. The minimum atomic E-state index is -0.146. The molecule has 4 rings (SSSR count). The maximum Gasteiger partial charge on any atom is 0.261 e. The van der Waals surface area contributed by atoms with Crippen molar-refractivity contribution in [3.63, 3.8) is 0 Å². The monoisotopic (exact) mass is 349 g/mol. The van der Waals surface area contributed by atoms with Gasteiger partial charge < -0.3 is 15.6 Å². The zero-order chi connectivity index (χ0) is 17.2. The summed E-state index contributed by atoms with van der Waals surface area (Å²) in [6, 6.07) is 15.3. The molecule has 0 fully saturated rings. The first kappa shape index (κ1) is 15.4. The molecule has 1 aromatic carbocycles. The van der Waals surface area contributed by atoms with Gasteiger partial charge in [-0.25, -0.2) is 0 Å². The third-order valence-corrected chi connectivity index (χ3v) is 4.98. The van der Waals surface area contributed by atoms with Crippen LogP contribution in [0.4, 0.5) is 5.00 Å². The predicted octanol–water partition coefficient (Wildman–Crippen LogP) is 3.50. The van der Waals surface area contributed by atoms with Crippen LogP contribution in [0.15, 0.2) is 54.7 Å². The van der Waals surface area contributed by atoms with Gasteiger partial charge in [-0.1, -0.05) is 30.3 Å². The van der Waals surface area contributed by atoms with Crippen LogP contribution in [0.5, 0.6) is 0 Å². The third-order valence-electron chi connectivity index (χ3n) is 3.94. The van der Waals surface area contributed by atoms with Crippen LogP contribution >= 0.6 is 11.3 Å². The van der Waals surface area contributed by atoms with Gasteiger partial charge in [0, 0.05) is 24.0 Å². The lowest BCUT2D eigenvalue weighted by atomic mass is 10.1. The van der Waals surface area contributed by atoms with Gasteiger partial charge in [0.25, 0.3) is 11.8 Å². The zero-order valence-corrected chi connectivity index (χ0v) is 14.0. The van der Waals surface area contributed by atoms with E-state index in [4.69, 9.17) is 0 Å². The summed E-state index contributed by atoms with van der Waals surface area (Å²) in [6.07, 6.45) is 3.59. The van der Waals surface area contributed by atoms with Gasteiger partial charge in [-0.2, -0.15) is 0 Å². The Morgan fingerprint density at radius 3 is 2.76 bits per heavy atom. The minimum Gasteiger partial charge on any atom is -0.362 e. The average molecular weight is 349 g/mol. The molecule has 2 amide bonds. The van der Waals surface area contributed by atoms with E-state index in [0.29, 0.717) is 22.0 Å². The van der Waals surface area contributed by atoms with E-state index >= 15 is 0 Å². The first-order valence-electron chi connectivity index (χ1n) is 7.83. The van der Waals surface area contributed by atoms with Crippen LogP contribution in [0.1, 0.15) is 26.5 Å². The Morgan fingerprint density at radius 2 is 2.00 bits per heavy atom. The fourth-order valence-corrected chi connectivity index (χ4v) is 3.67. The summed E-state index contributed by atoms with van der Waals surface area (Å²) in [5.74, 6) is -0.288. The Balaban J connectivity index is 1.53. The smallest absolute Gasteiger partial charge is 0.261 e. The van der Waals surface area contributed by atoms with Crippen LogP contribution in [0.2, 0.25) is 0 Å². The highest BCUT2D eigenvalue weighted by atomic mass is 32.1. The minimum absolute atomic E-state index is 0.142.